The molecule has 0 spiro atoms. The number of anilines is 1. The molecule has 0 aliphatic carbocycles. The first-order valence-electron chi connectivity index (χ1n) is 8.35. The largest absolute Gasteiger partial charge is 0.336 e. The average Bonchev–Trinajstić information content (AvgIpc) is 2.64. The smallest absolute Gasteiger partial charge is 0.255 e. The minimum Gasteiger partial charge on any atom is -0.336 e. The van der Waals surface area contributed by atoms with E-state index in [1.807, 2.05) is 46.2 Å². The summed E-state index contributed by atoms with van der Waals surface area (Å²) in [6, 6.07) is 14.8. The first-order valence-corrected chi connectivity index (χ1v) is 9.81. The molecular formula is C19H19ClIN3O2. The highest BCUT2D eigenvalue weighted by molar-refractivity contribution is 14.1. The SMILES string of the molecule is O=C(CN1CCN(C(=O)c2ccccc2I)CC1)Nc1ccccc1Cl. The van der Waals surface area contributed by atoms with Crippen LogP contribution in [0.3, 0.4) is 0 Å². The Hall–Kier alpha value is -1.64. The molecule has 1 N–H and O–H groups in total. The number of halogens is 2. The molecular weight excluding hydrogens is 465 g/mol. The van der Waals surface area contributed by atoms with Gasteiger partial charge in [0.1, 0.15) is 0 Å². The Morgan fingerprint density at radius 1 is 1.00 bits per heavy atom. The Morgan fingerprint density at radius 3 is 2.35 bits per heavy atom. The number of carbonyl (C=O) groups excluding carboxylic acids is 2. The monoisotopic (exact) mass is 483 g/mol. The van der Waals surface area contributed by atoms with Gasteiger partial charge in [-0.1, -0.05) is 35.9 Å². The van der Waals surface area contributed by atoms with E-state index in [0.29, 0.717) is 36.9 Å². The number of hydrogen-bond donors (Lipinski definition) is 1. The highest BCUT2D eigenvalue weighted by Gasteiger charge is 2.24. The summed E-state index contributed by atoms with van der Waals surface area (Å²) in [5.74, 6) is -0.0503. The second-order valence-electron chi connectivity index (χ2n) is 6.08. The number of nitrogens with zero attached hydrogens (tertiary/aromatic N) is 2. The predicted octanol–water partition coefficient (Wildman–Crippen LogP) is 3.34. The molecule has 3 rings (SSSR count). The number of piperazine rings is 1. The van der Waals surface area contributed by atoms with Crippen LogP contribution in [-0.2, 0) is 4.79 Å². The van der Waals surface area contributed by atoms with Gasteiger partial charge in [-0.15, -0.1) is 0 Å². The summed E-state index contributed by atoms with van der Waals surface area (Å²) in [6.07, 6.45) is 0. The number of nitrogens with one attached hydrogen (secondary N) is 1. The van der Waals surface area contributed by atoms with E-state index >= 15 is 0 Å². The lowest BCUT2D eigenvalue weighted by molar-refractivity contribution is -0.117. The Bertz CT molecular complexity index is 807. The van der Waals surface area contributed by atoms with Gasteiger partial charge in [-0.05, 0) is 46.9 Å². The maximum Gasteiger partial charge on any atom is 0.255 e. The van der Waals surface area contributed by atoms with Gasteiger partial charge < -0.3 is 10.2 Å². The quantitative estimate of drug-likeness (QED) is 0.679. The molecule has 2 aromatic rings. The highest BCUT2D eigenvalue weighted by atomic mass is 127. The molecule has 2 amide bonds. The van der Waals surface area contributed by atoms with Crippen molar-refractivity contribution in [1.82, 2.24) is 9.80 Å². The standard InChI is InChI=1S/C19H19ClIN3O2/c20-15-6-2-4-8-17(15)22-18(25)13-23-9-11-24(12-10-23)19(26)14-5-1-3-7-16(14)21/h1-8H,9-13H2,(H,22,25). The van der Waals surface area contributed by atoms with Crippen LogP contribution in [0.1, 0.15) is 10.4 Å². The lowest BCUT2D eigenvalue weighted by atomic mass is 10.2. The van der Waals surface area contributed by atoms with Crippen molar-refractivity contribution in [3.8, 4) is 0 Å². The summed E-state index contributed by atoms with van der Waals surface area (Å²) in [7, 11) is 0. The molecule has 26 heavy (non-hydrogen) atoms. The Kier molecular flexibility index (Phi) is 6.50. The van der Waals surface area contributed by atoms with Crippen molar-refractivity contribution in [2.24, 2.45) is 0 Å². The van der Waals surface area contributed by atoms with Crippen LogP contribution in [-0.4, -0.2) is 54.3 Å². The first kappa shape index (κ1) is 19.1. The first-order chi connectivity index (χ1) is 12.5. The van der Waals surface area contributed by atoms with Crippen LogP contribution in [0.4, 0.5) is 5.69 Å². The lowest BCUT2D eigenvalue weighted by Crippen LogP contribution is -2.50. The van der Waals surface area contributed by atoms with Gasteiger partial charge in [-0.25, -0.2) is 0 Å². The molecule has 1 aliphatic heterocycles. The van der Waals surface area contributed by atoms with E-state index in [1.54, 1.807) is 12.1 Å². The van der Waals surface area contributed by atoms with Gasteiger partial charge in [0.05, 0.1) is 22.8 Å². The van der Waals surface area contributed by atoms with Gasteiger partial charge in [-0.2, -0.15) is 0 Å². The summed E-state index contributed by atoms with van der Waals surface area (Å²) in [5.41, 5.74) is 1.35. The zero-order valence-electron chi connectivity index (χ0n) is 14.1. The maximum atomic E-state index is 12.6. The van der Waals surface area contributed by atoms with Crippen LogP contribution in [0.5, 0.6) is 0 Å². The molecule has 1 fully saturated rings. The number of para-hydroxylation sites is 1. The number of amides is 2. The van der Waals surface area contributed by atoms with E-state index < -0.39 is 0 Å². The molecule has 5 nitrogen and oxygen atoms in total. The van der Waals surface area contributed by atoms with Crippen molar-refractivity contribution in [1.29, 1.82) is 0 Å². The van der Waals surface area contributed by atoms with Crippen LogP contribution < -0.4 is 5.32 Å². The van der Waals surface area contributed by atoms with Crippen molar-refractivity contribution in [3.63, 3.8) is 0 Å². The van der Waals surface area contributed by atoms with Gasteiger partial charge in [0.15, 0.2) is 0 Å². The summed E-state index contributed by atoms with van der Waals surface area (Å²) in [5, 5.41) is 3.35. The topological polar surface area (TPSA) is 52.7 Å². The molecule has 0 aromatic heterocycles. The molecule has 7 heteroatoms. The third-order valence-electron chi connectivity index (χ3n) is 4.28. The third-order valence-corrected chi connectivity index (χ3v) is 5.55. The van der Waals surface area contributed by atoms with E-state index in [9.17, 15) is 9.59 Å². The normalized spacial score (nSPS) is 14.9. The Balaban J connectivity index is 1.51. The number of benzene rings is 2. The molecule has 0 saturated carbocycles. The molecule has 1 saturated heterocycles. The van der Waals surface area contributed by atoms with Crippen LogP contribution in [0.2, 0.25) is 5.02 Å². The molecule has 0 radical (unpaired) electrons. The number of hydrogen-bond acceptors (Lipinski definition) is 3. The van der Waals surface area contributed by atoms with E-state index in [0.717, 1.165) is 9.13 Å². The van der Waals surface area contributed by atoms with Gasteiger partial charge >= 0.3 is 0 Å². The average molecular weight is 484 g/mol. The van der Waals surface area contributed by atoms with E-state index in [-0.39, 0.29) is 18.4 Å². The Morgan fingerprint density at radius 2 is 1.65 bits per heavy atom. The van der Waals surface area contributed by atoms with E-state index in [2.05, 4.69) is 27.9 Å². The van der Waals surface area contributed by atoms with Crippen molar-refractivity contribution in [3.05, 3.63) is 62.7 Å². The fourth-order valence-corrected chi connectivity index (χ4v) is 3.67. The van der Waals surface area contributed by atoms with Gasteiger partial charge in [0, 0.05) is 29.7 Å². The van der Waals surface area contributed by atoms with Gasteiger partial charge in [0.25, 0.3) is 5.91 Å². The molecule has 1 heterocycles. The van der Waals surface area contributed by atoms with Crippen LogP contribution in [0, 0.1) is 3.57 Å². The zero-order valence-corrected chi connectivity index (χ0v) is 17.0. The van der Waals surface area contributed by atoms with Gasteiger partial charge in [-0.3, -0.25) is 14.5 Å². The zero-order chi connectivity index (χ0) is 18.5. The molecule has 2 aromatic carbocycles. The number of carbonyl (C=O) groups is 2. The van der Waals surface area contributed by atoms with Crippen molar-refractivity contribution in [2.45, 2.75) is 0 Å². The third kappa shape index (κ3) is 4.75. The highest BCUT2D eigenvalue weighted by Crippen LogP contribution is 2.20. The summed E-state index contributed by atoms with van der Waals surface area (Å²) < 4.78 is 0.955. The fraction of sp³-hybridized carbons (Fsp3) is 0.263. The minimum atomic E-state index is -0.101. The molecule has 0 atom stereocenters. The van der Waals surface area contributed by atoms with E-state index in [1.165, 1.54) is 0 Å². The molecule has 1 aliphatic rings. The molecule has 136 valence electrons. The fourth-order valence-electron chi connectivity index (χ4n) is 2.87. The van der Waals surface area contributed by atoms with Crippen molar-refractivity contribution in [2.75, 3.05) is 38.0 Å². The number of rotatable bonds is 4. The van der Waals surface area contributed by atoms with Crippen molar-refractivity contribution >= 4 is 51.7 Å². The van der Waals surface area contributed by atoms with Crippen LogP contribution >= 0.6 is 34.2 Å². The predicted molar refractivity (Wildman–Crippen MR) is 112 cm³/mol. The minimum absolute atomic E-state index is 0.0511. The molecule has 0 unspecified atom stereocenters. The molecule has 0 bridgehead atoms. The van der Waals surface area contributed by atoms with Gasteiger partial charge in [0.2, 0.25) is 5.91 Å². The summed E-state index contributed by atoms with van der Waals surface area (Å²) in [4.78, 5) is 28.8. The Labute approximate surface area is 171 Å². The summed E-state index contributed by atoms with van der Waals surface area (Å²) in [6.45, 7) is 2.86. The second-order valence-corrected chi connectivity index (χ2v) is 7.65. The van der Waals surface area contributed by atoms with Crippen LogP contribution in [0.15, 0.2) is 48.5 Å². The summed E-state index contributed by atoms with van der Waals surface area (Å²) >= 11 is 8.25. The van der Waals surface area contributed by atoms with E-state index in [4.69, 9.17) is 11.6 Å². The van der Waals surface area contributed by atoms with Crippen molar-refractivity contribution < 1.29 is 9.59 Å². The lowest BCUT2D eigenvalue weighted by Gasteiger charge is -2.34. The van der Waals surface area contributed by atoms with Crippen LogP contribution in [0.25, 0.3) is 0 Å². The maximum absolute atomic E-state index is 12.6. The second kappa shape index (κ2) is 8.83.